The zero-order chi connectivity index (χ0) is 55.5. The first-order valence-electron chi connectivity index (χ1n) is 31.2. The van der Waals surface area contributed by atoms with E-state index in [1.165, 1.54) is 141 Å². The summed E-state index contributed by atoms with van der Waals surface area (Å²) in [7, 11) is -4.76. The predicted molar refractivity (Wildman–Crippen MR) is 316 cm³/mol. The van der Waals surface area contributed by atoms with Gasteiger partial charge in [-0.15, -0.1) is 0 Å². The van der Waals surface area contributed by atoms with Gasteiger partial charge in [0.05, 0.1) is 19.8 Å². The number of rotatable bonds is 58. The highest BCUT2D eigenvalue weighted by molar-refractivity contribution is 7.47. The van der Waals surface area contributed by atoms with E-state index in [2.05, 4.69) is 81.5 Å². The van der Waals surface area contributed by atoms with Gasteiger partial charge in [-0.2, -0.15) is 0 Å². The summed E-state index contributed by atoms with van der Waals surface area (Å²) in [6.45, 7) is 4.53. The van der Waals surface area contributed by atoms with Crippen LogP contribution in [-0.4, -0.2) is 66.5 Å². The Balaban J connectivity index is 4.73. The highest BCUT2D eigenvalue weighted by Crippen LogP contribution is 2.43. The molecule has 12 heteroatoms. The molecular formula is C64H115O11P. The van der Waals surface area contributed by atoms with E-state index in [9.17, 15) is 28.9 Å². The lowest BCUT2D eigenvalue weighted by molar-refractivity contribution is -0.161. The molecule has 76 heavy (non-hydrogen) atoms. The minimum Gasteiger partial charge on any atom is -0.462 e. The summed E-state index contributed by atoms with van der Waals surface area (Å²) in [5, 5.41) is 9.81. The van der Waals surface area contributed by atoms with Gasteiger partial charge in [0.25, 0.3) is 0 Å². The maximum Gasteiger partial charge on any atom is 0.472 e. The molecule has 0 heterocycles. The molecule has 0 aliphatic heterocycles. The van der Waals surface area contributed by atoms with Gasteiger partial charge in [0.1, 0.15) is 12.7 Å². The highest BCUT2D eigenvalue weighted by atomic mass is 31.2. The van der Waals surface area contributed by atoms with Gasteiger partial charge >= 0.3 is 25.7 Å². The van der Waals surface area contributed by atoms with Crippen LogP contribution in [0.5, 0.6) is 0 Å². The zero-order valence-corrected chi connectivity index (χ0v) is 49.9. The third-order valence-corrected chi connectivity index (χ3v) is 14.4. The van der Waals surface area contributed by atoms with Crippen molar-refractivity contribution in [3.8, 4) is 0 Å². The molecule has 0 aromatic carbocycles. The molecule has 0 bridgehead atoms. The van der Waals surface area contributed by atoms with Crippen molar-refractivity contribution in [1.29, 1.82) is 0 Å². The lowest BCUT2D eigenvalue weighted by atomic mass is 10.0. The molecule has 3 atom stereocenters. The molecule has 0 saturated heterocycles. The van der Waals surface area contributed by atoms with Crippen molar-refractivity contribution in [2.24, 2.45) is 0 Å². The Labute approximate surface area is 465 Å². The van der Waals surface area contributed by atoms with Crippen LogP contribution in [0.3, 0.4) is 0 Å². The maximum atomic E-state index is 12.9. The van der Waals surface area contributed by atoms with E-state index in [0.29, 0.717) is 19.3 Å². The molecule has 0 fully saturated rings. The Morgan fingerprint density at radius 2 is 0.684 bits per heavy atom. The molecule has 0 rings (SSSR count). The third kappa shape index (κ3) is 55.9. The normalized spacial score (nSPS) is 13.7. The van der Waals surface area contributed by atoms with Gasteiger partial charge in [-0.05, 0) is 64.2 Å². The van der Waals surface area contributed by atoms with Gasteiger partial charge in [0, 0.05) is 19.3 Å². The average Bonchev–Trinajstić information content (AvgIpc) is 3.41. The van der Waals surface area contributed by atoms with Crippen molar-refractivity contribution in [2.45, 2.75) is 303 Å². The summed E-state index contributed by atoms with van der Waals surface area (Å²) in [5.41, 5.74) is 0. The number of allylic oxidation sites excluding steroid dienone is 10. The number of ether oxygens (including phenoxy) is 3. The molecule has 0 radical (unpaired) electrons. The number of aliphatic hydroxyl groups is 1. The lowest BCUT2D eigenvalue weighted by Gasteiger charge is -2.21. The van der Waals surface area contributed by atoms with Crippen LogP contribution < -0.4 is 0 Å². The van der Waals surface area contributed by atoms with Crippen molar-refractivity contribution < 1.29 is 52.2 Å². The average molecular weight is 1090 g/mol. The van der Waals surface area contributed by atoms with E-state index < -0.39 is 57.8 Å². The maximum absolute atomic E-state index is 12.9. The number of phosphoric acid groups is 1. The fourth-order valence-corrected chi connectivity index (χ4v) is 9.52. The fourth-order valence-electron chi connectivity index (χ4n) is 8.74. The number of carbonyl (C=O) groups is 3. The third-order valence-electron chi connectivity index (χ3n) is 13.5. The molecule has 0 aliphatic rings. The number of phosphoric ester groups is 1. The summed E-state index contributed by atoms with van der Waals surface area (Å²) in [6.07, 6.45) is 64.7. The van der Waals surface area contributed by atoms with Crippen molar-refractivity contribution in [3.63, 3.8) is 0 Å². The second kappa shape index (κ2) is 58.3. The fraction of sp³-hybridized carbons (Fsp3) is 0.797. The molecule has 0 aromatic rings. The van der Waals surface area contributed by atoms with Crippen molar-refractivity contribution in [1.82, 2.24) is 0 Å². The first-order chi connectivity index (χ1) is 37.2. The number of carbonyl (C=O) groups excluding carboxylic acids is 3. The van der Waals surface area contributed by atoms with Crippen LogP contribution in [0.1, 0.15) is 290 Å². The summed E-state index contributed by atoms with van der Waals surface area (Å²) < 4.78 is 39.6. The molecule has 2 N–H and O–H groups in total. The van der Waals surface area contributed by atoms with Gasteiger partial charge in [0.2, 0.25) is 0 Å². The van der Waals surface area contributed by atoms with E-state index in [-0.39, 0.29) is 25.9 Å². The Hall–Kier alpha value is -2.82. The molecule has 0 saturated carbocycles. The second-order valence-corrected chi connectivity index (χ2v) is 22.3. The number of hydrogen-bond donors (Lipinski definition) is 2. The van der Waals surface area contributed by atoms with Gasteiger partial charge in [-0.25, -0.2) is 4.57 Å². The minimum atomic E-state index is -4.76. The lowest BCUT2D eigenvalue weighted by Crippen LogP contribution is -2.30. The number of esters is 3. The van der Waals surface area contributed by atoms with E-state index >= 15 is 0 Å². The molecule has 0 amide bonds. The summed E-state index contributed by atoms with van der Waals surface area (Å²) in [6, 6.07) is 0. The van der Waals surface area contributed by atoms with E-state index in [4.69, 9.17) is 23.3 Å². The smallest absolute Gasteiger partial charge is 0.462 e. The van der Waals surface area contributed by atoms with Gasteiger partial charge in [0.15, 0.2) is 6.10 Å². The zero-order valence-electron chi connectivity index (χ0n) is 49.0. The number of hydrogen-bond acceptors (Lipinski definition) is 10. The highest BCUT2D eigenvalue weighted by Gasteiger charge is 2.28. The van der Waals surface area contributed by atoms with Gasteiger partial charge < -0.3 is 24.2 Å². The van der Waals surface area contributed by atoms with Crippen LogP contribution in [-0.2, 0) is 42.2 Å². The number of aliphatic hydroxyl groups excluding tert-OH is 1. The largest absolute Gasteiger partial charge is 0.472 e. The molecule has 3 unspecified atom stereocenters. The predicted octanol–water partition coefficient (Wildman–Crippen LogP) is 18.7. The molecule has 0 aliphatic carbocycles. The number of unbranched alkanes of at least 4 members (excludes halogenated alkanes) is 31. The Morgan fingerprint density at radius 1 is 0.382 bits per heavy atom. The SMILES string of the molecule is CC/C=C\C/C=C\C/C=C\C/C=C\C/C=C\CCCCCC(=O)OC(COC(=O)CCCCCCCCCCCCCCCCCCCCC)COP(=O)(O)OCC(CO)OC(=O)CCCCCCCCCCCCC. The summed E-state index contributed by atoms with van der Waals surface area (Å²) in [5.74, 6) is -1.49. The molecule has 11 nitrogen and oxygen atoms in total. The summed E-state index contributed by atoms with van der Waals surface area (Å²) in [4.78, 5) is 48.6. The van der Waals surface area contributed by atoms with Crippen molar-refractivity contribution in [3.05, 3.63) is 60.8 Å². The Bertz CT molecular complexity index is 1510. The van der Waals surface area contributed by atoms with Crippen molar-refractivity contribution >= 4 is 25.7 Å². The Morgan fingerprint density at radius 3 is 1.05 bits per heavy atom. The first kappa shape index (κ1) is 73.2. The van der Waals surface area contributed by atoms with Crippen LogP contribution >= 0.6 is 7.82 Å². The quantitative estimate of drug-likeness (QED) is 0.0197. The van der Waals surface area contributed by atoms with E-state index in [1.54, 1.807) is 0 Å². The van der Waals surface area contributed by atoms with E-state index in [1.807, 2.05) is 0 Å². The van der Waals surface area contributed by atoms with Crippen LogP contribution in [0, 0.1) is 0 Å². The van der Waals surface area contributed by atoms with Crippen LogP contribution in [0.2, 0.25) is 0 Å². The molecule has 0 spiro atoms. The first-order valence-corrected chi connectivity index (χ1v) is 32.7. The van der Waals surface area contributed by atoms with Crippen LogP contribution in [0.25, 0.3) is 0 Å². The van der Waals surface area contributed by atoms with Gasteiger partial charge in [-0.3, -0.25) is 23.4 Å². The minimum absolute atomic E-state index is 0.130. The van der Waals surface area contributed by atoms with Gasteiger partial charge in [-0.1, -0.05) is 268 Å². The Kier molecular flexibility index (Phi) is 56.2. The molecule has 0 aromatic heterocycles. The van der Waals surface area contributed by atoms with Crippen LogP contribution in [0.15, 0.2) is 60.8 Å². The van der Waals surface area contributed by atoms with E-state index in [0.717, 1.165) is 89.9 Å². The van der Waals surface area contributed by atoms with Crippen molar-refractivity contribution in [2.75, 3.05) is 26.4 Å². The summed E-state index contributed by atoms with van der Waals surface area (Å²) >= 11 is 0. The standard InChI is InChI=1S/C64H115O11P/c1-4-7-10-13-16-19-22-24-26-28-30-32-34-36-39-41-44-47-50-53-62(66)71-57-61(75-64(68)55-52-49-46-43-40-37-35-33-31-29-27-25-23-20-17-14-11-8-5-2)59-73-76(69,70)72-58-60(56-65)74-63(67)54-51-48-45-42-38-21-18-15-12-9-6-3/h8,11,17,20,25,27,31,33,37,40,60-61,65H,4-7,9-10,12-16,18-19,21-24,26,28-30,32,34-36,38-39,41-59H2,1-3H3,(H,69,70)/b11-8-,20-17-,27-25-,33-31-,40-37-. The molecule has 442 valence electrons. The topological polar surface area (TPSA) is 155 Å². The molecular weight excluding hydrogens is 976 g/mol. The second-order valence-electron chi connectivity index (χ2n) is 20.9. The van der Waals surface area contributed by atoms with Crippen LogP contribution in [0.4, 0.5) is 0 Å². The monoisotopic (exact) mass is 1090 g/mol.